The van der Waals surface area contributed by atoms with Crippen LogP contribution in [-0.4, -0.2) is 24.4 Å². The quantitative estimate of drug-likeness (QED) is 0.616. The Bertz CT molecular complexity index is 804. The van der Waals surface area contributed by atoms with Crippen LogP contribution in [0.1, 0.15) is 31.7 Å². The molecule has 2 aromatic rings. The summed E-state index contributed by atoms with van der Waals surface area (Å²) < 4.78 is 4.94. The van der Waals surface area contributed by atoms with E-state index in [4.69, 9.17) is 16.3 Å². The zero-order valence-electron chi connectivity index (χ0n) is 15.7. The van der Waals surface area contributed by atoms with Crippen molar-refractivity contribution in [2.24, 2.45) is 0 Å². The molecule has 2 N–H and O–H groups in total. The van der Waals surface area contributed by atoms with Gasteiger partial charge in [-0.05, 0) is 54.8 Å². The van der Waals surface area contributed by atoms with Gasteiger partial charge in [0, 0.05) is 29.2 Å². The van der Waals surface area contributed by atoms with Crippen molar-refractivity contribution in [3.05, 3.63) is 59.1 Å². The molecule has 0 heterocycles. The van der Waals surface area contributed by atoms with E-state index < -0.39 is 11.9 Å². The number of hydrogen-bond donors (Lipinski definition) is 2. The summed E-state index contributed by atoms with van der Waals surface area (Å²) in [5, 5.41) is 5.97. The zero-order valence-corrected chi connectivity index (χ0v) is 16.4. The molecule has 0 bridgehead atoms. The maximum absolute atomic E-state index is 11.8. The second kappa shape index (κ2) is 11.1. The molecule has 0 saturated carbocycles. The number of rotatable bonds is 9. The molecule has 0 unspecified atom stereocenters. The Kier molecular flexibility index (Phi) is 8.49. The summed E-state index contributed by atoms with van der Waals surface area (Å²) in [6.45, 7) is 1.69. The Labute approximate surface area is 169 Å². The molecule has 0 aliphatic heterocycles. The summed E-state index contributed by atoms with van der Waals surface area (Å²) in [4.78, 5) is 35.4. The summed E-state index contributed by atoms with van der Waals surface area (Å²) in [7, 11) is 0. The Balaban J connectivity index is 1.61. The fourth-order valence-electron chi connectivity index (χ4n) is 2.39. The summed E-state index contributed by atoms with van der Waals surface area (Å²) in [5.41, 5.74) is 2.46. The van der Waals surface area contributed by atoms with E-state index in [1.165, 1.54) is 5.56 Å². The first-order valence-corrected chi connectivity index (χ1v) is 9.44. The van der Waals surface area contributed by atoms with Crippen molar-refractivity contribution in [1.82, 2.24) is 0 Å². The van der Waals surface area contributed by atoms with E-state index in [1.807, 2.05) is 19.1 Å². The number of esters is 1. The monoisotopic (exact) mass is 402 g/mol. The minimum Gasteiger partial charge on any atom is -0.456 e. The van der Waals surface area contributed by atoms with E-state index in [2.05, 4.69) is 10.6 Å². The molecule has 28 heavy (non-hydrogen) atoms. The molecule has 0 aliphatic rings. The predicted octanol–water partition coefficient (Wildman–Crippen LogP) is 4.19. The maximum Gasteiger partial charge on any atom is 0.306 e. The third-order valence-electron chi connectivity index (χ3n) is 3.92. The van der Waals surface area contributed by atoms with Crippen LogP contribution in [0.25, 0.3) is 0 Å². The van der Waals surface area contributed by atoms with Gasteiger partial charge in [-0.25, -0.2) is 0 Å². The van der Waals surface area contributed by atoms with Gasteiger partial charge in [0.25, 0.3) is 5.91 Å². The predicted molar refractivity (Wildman–Crippen MR) is 109 cm³/mol. The number of anilines is 2. The first-order chi connectivity index (χ1) is 13.5. The van der Waals surface area contributed by atoms with Gasteiger partial charge in [0.15, 0.2) is 6.61 Å². The lowest BCUT2D eigenvalue weighted by Gasteiger charge is -2.08. The van der Waals surface area contributed by atoms with Crippen molar-refractivity contribution in [3.8, 4) is 0 Å². The van der Waals surface area contributed by atoms with Gasteiger partial charge >= 0.3 is 5.97 Å². The van der Waals surface area contributed by atoms with E-state index in [0.29, 0.717) is 22.8 Å². The summed E-state index contributed by atoms with van der Waals surface area (Å²) in [6.07, 6.45) is 1.49. The van der Waals surface area contributed by atoms with Gasteiger partial charge in [-0.15, -0.1) is 0 Å². The number of hydrogen-bond acceptors (Lipinski definition) is 4. The third-order valence-corrected chi connectivity index (χ3v) is 4.17. The standard InChI is InChI=1S/C21H23ClN2O4/c1-2-15-6-10-17(11-7-15)24-20(26)14-28-21(27)5-3-4-19(25)23-18-12-8-16(22)9-13-18/h6-13H,2-5,14H2,1H3,(H,23,25)(H,24,26). The van der Waals surface area contributed by atoms with E-state index in [-0.39, 0.29) is 25.4 Å². The number of ether oxygens (including phenoxy) is 1. The van der Waals surface area contributed by atoms with Crippen molar-refractivity contribution in [2.75, 3.05) is 17.2 Å². The largest absolute Gasteiger partial charge is 0.456 e. The lowest BCUT2D eigenvalue weighted by Crippen LogP contribution is -2.21. The van der Waals surface area contributed by atoms with Crippen molar-refractivity contribution >= 4 is 40.8 Å². The number of halogens is 1. The van der Waals surface area contributed by atoms with Gasteiger partial charge in [0.2, 0.25) is 5.91 Å². The molecule has 0 aromatic heterocycles. The number of aryl methyl sites for hydroxylation is 1. The number of nitrogens with one attached hydrogen (secondary N) is 2. The molecule has 2 rings (SSSR count). The maximum atomic E-state index is 11.8. The van der Waals surface area contributed by atoms with Crippen LogP contribution >= 0.6 is 11.6 Å². The Morgan fingerprint density at radius 3 is 2.04 bits per heavy atom. The molecule has 148 valence electrons. The Morgan fingerprint density at radius 1 is 0.857 bits per heavy atom. The number of benzene rings is 2. The molecular weight excluding hydrogens is 380 g/mol. The summed E-state index contributed by atoms with van der Waals surface area (Å²) in [5.74, 6) is -1.13. The summed E-state index contributed by atoms with van der Waals surface area (Å²) in [6, 6.07) is 14.2. The van der Waals surface area contributed by atoms with Crippen LogP contribution in [0.5, 0.6) is 0 Å². The van der Waals surface area contributed by atoms with Gasteiger partial charge in [-0.1, -0.05) is 30.7 Å². The fourth-order valence-corrected chi connectivity index (χ4v) is 2.52. The number of carbonyl (C=O) groups is 3. The van der Waals surface area contributed by atoms with E-state index in [0.717, 1.165) is 6.42 Å². The van der Waals surface area contributed by atoms with Crippen LogP contribution in [0, 0.1) is 0 Å². The first kappa shape index (κ1) is 21.4. The van der Waals surface area contributed by atoms with Crippen molar-refractivity contribution in [3.63, 3.8) is 0 Å². The van der Waals surface area contributed by atoms with Crippen LogP contribution < -0.4 is 10.6 Å². The average Bonchev–Trinajstić information content (AvgIpc) is 2.69. The topological polar surface area (TPSA) is 84.5 Å². The highest BCUT2D eigenvalue weighted by Gasteiger charge is 2.10. The summed E-state index contributed by atoms with van der Waals surface area (Å²) >= 11 is 5.78. The molecule has 6 nitrogen and oxygen atoms in total. The molecule has 0 saturated heterocycles. The SMILES string of the molecule is CCc1ccc(NC(=O)COC(=O)CCCC(=O)Nc2ccc(Cl)cc2)cc1. The lowest BCUT2D eigenvalue weighted by molar-refractivity contribution is -0.147. The molecule has 0 atom stereocenters. The van der Waals surface area contributed by atoms with Gasteiger partial charge in [-0.3, -0.25) is 14.4 Å². The van der Waals surface area contributed by atoms with E-state index in [9.17, 15) is 14.4 Å². The molecule has 2 amide bonds. The van der Waals surface area contributed by atoms with Crippen molar-refractivity contribution < 1.29 is 19.1 Å². The van der Waals surface area contributed by atoms with Gasteiger partial charge in [0.1, 0.15) is 0 Å². The third kappa shape index (κ3) is 7.80. The highest BCUT2D eigenvalue weighted by Crippen LogP contribution is 2.14. The second-order valence-electron chi connectivity index (χ2n) is 6.17. The van der Waals surface area contributed by atoms with Crippen LogP contribution in [-0.2, 0) is 25.5 Å². The van der Waals surface area contributed by atoms with Crippen molar-refractivity contribution in [2.45, 2.75) is 32.6 Å². The fraction of sp³-hybridized carbons (Fsp3) is 0.286. The lowest BCUT2D eigenvalue weighted by atomic mass is 10.1. The Morgan fingerprint density at radius 2 is 1.43 bits per heavy atom. The molecule has 0 aliphatic carbocycles. The highest BCUT2D eigenvalue weighted by molar-refractivity contribution is 6.30. The highest BCUT2D eigenvalue weighted by atomic mass is 35.5. The minimum atomic E-state index is -0.518. The van der Waals surface area contributed by atoms with E-state index >= 15 is 0 Å². The van der Waals surface area contributed by atoms with Crippen LogP contribution in [0.3, 0.4) is 0 Å². The van der Waals surface area contributed by atoms with Crippen molar-refractivity contribution in [1.29, 1.82) is 0 Å². The number of amides is 2. The molecule has 7 heteroatoms. The molecule has 0 fully saturated rings. The van der Waals surface area contributed by atoms with Crippen LogP contribution in [0.2, 0.25) is 5.02 Å². The Hall–Kier alpha value is -2.86. The van der Waals surface area contributed by atoms with Crippen LogP contribution in [0.4, 0.5) is 11.4 Å². The first-order valence-electron chi connectivity index (χ1n) is 9.06. The van der Waals surface area contributed by atoms with E-state index in [1.54, 1.807) is 36.4 Å². The van der Waals surface area contributed by atoms with Gasteiger partial charge < -0.3 is 15.4 Å². The van der Waals surface area contributed by atoms with Gasteiger partial charge in [-0.2, -0.15) is 0 Å². The van der Waals surface area contributed by atoms with Gasteiger partial charge in [0.05, 0.1) is 0 Å². The normalized spacial score (nSPS) is 10.2. The minimum absolute atomic E-state index is 0.0620. The van der Waals surface area contributed by atoms with Crippen LogP contribution in [0.15, 0.2) is 48.5 Å². The smallest absolute Gasteiger partial charge is 0.306 e. The average molecular weight is 403 g/mol. The molecule has 0 spiro atoms. The molecule has 2 aromatic carbocycles. The second-order valence-corrected chi connectivity index (χ2v) is 6.60. The number of carbonyl (C=O) groups excluding carboxylic acids is 3. The molecular formula is C21H23ClN2O4. The molecule has 0 radical (unpaired) electrons. The zero-order chi connectivity index (χ0) is 20.4.